The topological polar surface area (TPSA) is 17.1 Å². The minimum absolute atomic E-state index is 0.759. The molecule has 0 aliphatic heterocycles. The third kappa shape index (κ3) is 2.82. The normalized spacial score (nSPS) is 20.4. The molecule has 0 bridgehead atoms. The van der Waals surface area contributed by atoms with E-state index < -0.39 is 0 Å². The highest BCUT2D eigenvalue weighted by Gasteiger charge is 2.04. The first-order valence-corrected chi connectivity index (χ1v) is 6.15. The second-order valence-electron chi connectivity index (χ2n) is 4.42. The van der Waals surface area contributed by atoms with E-state index in [-0.39, 0.29) is 0 Å². The molecule has 0 amide bonds. The van der Waals surface area contributed by atoms with Crippen LogP contribution in [0.5, 0.6) is 0 Å². The van der Waals surface area contributed by atoms with Gasteiger partial charge >= 0.3 is 0 Å². The Morgan fingerprint density at radius 3 is 2.44 bits per heavy atom. The number of benzene rings is 1. The summed E-state index contributed by atoms with van der Waals surface area (Å²) in [5.41, 5.74) is 3.50. The monoisotopic (exact) mass is 214 g/mol. The highest BCUT2D eigenvalue weighted by Crippen LogP contribution is 2.25. The van der Waals surface area contributed by atoms with E-state index >= 15 is 0 Å². The Labute approximate surface area is 97.2 Å². The molecule has 0 spiro atoms. The third-order valence-corrected chi connectivity index (χ3v) is 3.21. The minimum Gasteiger partial charge on any atom is -0.298 e. The second kappa shape index (κ2) is 5.64. The molecule has 1 aromatic carbocycles. The van der Waals surface area contributed by atoms with Crippen molar-refractivity contribution in [2.45, 2.75) is 38.5 Å². The molecule has 0 fully saturated rings. The van der Waals surface area contributed by atoms with E-state index in [1.807, 2.05) is 12.1 Å². The molecular weight excluding hydrogens is 196 g/mol. The van der Waals surface area contributed by atoms with Crippen LogP contribution in [0.25, 0.3) is 5.57 Å². The van der Waals surface area contributed by atoms with Crippen molar-refractivity contribution in [3.63, 3.8) is 0 Å². The minimum atomic E-state index is 0.759. The molecule has 16 heavy (non-hydrogen) atoms. The lowest BCUT2D eigenvalue weighted by Crippen LogP contribution is -1.91. The molecule has 1 nitrogen and oxygen atoms in total. The van der Waals surface area contributed by atoms with Gasteiger partial charge in [-0.05, 0) is 36.8 Å². The third-order valence-electron chi connectivity index (χ3n) is 3.21. The summed E-state index contributed by atoms with van der Waals surface area (Å²) >= 11 is 0. The van der Waals surface area contributed by atoms with Crippen LogP contribution in [0.1, 0.15) is 54.4 Å². The number of rotatable bonds is 2. The number of hydrogen-bond acceptors (Lipinski definition) is 1. The fourth-order valence-electron chi connectivity index (χ4n) is 2.23. The van der Waals surface area contributed by atoms with E-state index in [0.29, 0.717) is 0 Å². The van der Waals surface area contributed by atoms with Gasteiger partial charge in [0, 0.05) is 5.56 Å². The van der Waals surface area contributed by atoms with E-state index in [1.54, 1.807) is 0 Å². The Morgan fingerprint density at radius 1 is 0.938 bits per heavy atom. The van der Waals surface area contributed by atoms with Gasteiger partial charge in [0.25, 0.3) is 0 Å². The number of allylic oxidation sites excluding steroid dienone is 2. The van der Waals surface area contributed by atoms with Crippen molar-refractivity contribution >= 4 is 11.9 Å². The Bertz CT molecular complexity index is 373. The fourth-order valence-corrected chi connectivity index (χ4v) is 2.23. The number of carbonyl (C=O) groups is 1. The molecule has 0 aromatic heterocycles. The Hall–Kier alpha value is -1.37. The summed E-state index contributed by atoms with van der Waals surface area (Å²) in [6.45, 7) is 0. The van der Waals surface area contributed by atoms with E-state index in [2.05, 4.69) is 18.2 Å². The summed E-state index contributed by atoms with van der Waals surface area (Å²) < 4.78 is 0. The van der Waals surface area contributed by atoms with Crippen LogP contribution in [-0.2, 0) is 0 Å². The predicted molar refractivity (Wildman–Crippen MR) is 67.5 cm³/mol. The van der Waals surface area contributed by atoms with E-state index in [0.717, 1.165) is 11.8 Å². The SMILES string of the molecule is O=Cc1ccc(/C2=C/CCCCCC2)cc1. The average Bonchev–Trinajstić information content (AvgIpc) is 2.29. The lowest BCUT2D eigenvalue weighted by molar-refractivity contribution is 0.112. The average molecular weight is 214 g/mol. The smallest absolute Gasteiger partial charge is 0.150 e. The predicted octanol–water partition coefficient (Wildman–Crippen LogP) is 4.24. The van der Waals surface area contributed by atoms with Crippen LogP contribution >= 0.6 is 0 Å². The molecule has 0 N–H and O–H groups in total. The summed E-state index contributed by atoms with van der Waals surface area (Å²) in [7, 11) is 0. The number of hydrogen-bond donors (Lipinski definition) is 0. The van der Waals surface area contributed by atoms with Crippen LogP contribution < -0.4 is 0 Å². The summed E-state index contributed by atoms with van der Waals surface area (Å²) in [6, 6.07) is 7.94. The molecule has 1 aliphatic rings. The van der Waals surface area contributed by atoms with Crippen LogP contribution in [-0.4, -0.2) is 6.29 Å². The molecule has 0 saturated carbocycles. The van der Waals surface area contributed by atoms with Crippen LogP contribution in [0.15, 0.2) is 30.3 Å². The second-order valence-corrected chi connectivity index (χ2v) is 4.42. The zero-order valence-electron chi connectivity index (χ0n) is 9.61. The molecule has 0 heterocycles. The van der Waals surface area contributed by atoms with Gasteiger partial charge in [-0.15, -0.1) is 0 Å². The summed E-state index contributed by atoms with van der Waals surface area (Å²) in [4.78, 5) is 10.6. The first kappa shape index (κ1) is 11.1. The van der Waals surface area contributed by atoms with Gasteiger partial charge in [0.1, 0.15) is 6.29 Å². The van der Waals surface area contributed by atoms with Gasteiger partial charge in [-0.3, -0.25) is 4.79 Å². The largest absolute Gasteiger partial charge is 0.298 e. The van der Waals surface area contributed by atoms with Gasteiger partial charge in [-0.2, -0.15) is 0 Å². The van der Waals surface area contributed by atoms with Crippen molar-refractivity contribution in [2.24, 2.45) is 0 Å². The van der Waals surface area contributed by atoms with Gasteiger partial charge in [0.15, 0.2) is 0 Å². The molecule has 0 saturated heterocycles. The lowest BCUT2D eigenvalue weighted by atomic mass is 9.94. The van der Waals surface area contributed by atoms with E-state index in [9.17, 15) is 4.79 Å². The zero-order chi connectivity index (χ0) is 11.2. The van der Waals surface area contributed by atoms with Crippen molar-refractivity contribution in [3.8, 4) is 0 Å². The maximum Gasteiger partial charge on any atom is 0.150 e. The van der Waals surface area contributed by atoms with Crippen molar-refractivity contribution < 1.29 is 4.79 Å². The summed E-state index contributed by atoms with van der Waals surface area (Å²) in [5.74, 6) is 0. The molecule has 2 rings (SSSR count). The Balaban J connectivity index is 2.17. The quantitative estimate of drug-likeness (QED) is 0.673. The molecular formula is C15H18O. The van der Waals surface area contributed by atoms with E-state index in [4.69, 9.17) is 0 Å². The summed E-state index contributed by atoms with van der Waals surface area (Å²) in [5, 5.41) is 0. The summed E-state index contributed by atoms with van der Waals surface area (Å²) in [6.07, 6.45) is 11.0. The maximum absolute atomic E-state index is 10.6. The van der Waals surface area contributed by atoms with Crippen LogP contribution in [0.2, 0.25) is 0 Å². The van der Waals surface area contributed by atoms with Gasteiger partial charge in [0.2, 0.25) is 0 Å². The molecule has 0 atom stereocenters. The first-order chi connectivity index (χ1) is 7.90. The standard InChI is InChI=1S/C15H18O/c16-12-13-8-10-15(11-9-13)14-6-4-2-1-3-5-7-14/h6,8-12H,1-5,7H2/b14-6+. The Morgan fingerprint density at radius 2 is 1.69 bits per heavy atom. The number of carbonyl (C=O) groups excluding carboxylic acids is 1. The molecule has 0 unspecified atom stereocenters. The first-order valence-electron chi connectivity index (χ1n) is 6.15. The highest BCUT2D eigenvalue weighted by atomic mass is 16.1. The van der Waals surface area contributed by atoms with Gasteiger partial charge in [0.05, 0.1) is 0 Å². The van der Waals surface area contributed by atoms with Gasteiger partial charge in [-0.25, -0.2) is 0 Å². The number of aldehydes is 1. The molecule has 84 valence electrons. The molecule has 1 aliphatic carbocycles. The van der Waals surface area contributed by atoms with Crippen molar-refractivity contribution in [2.75, 3.05) is 0 Å². The fraction of sp³-hybridized carbons (Fsp3) is 0.400. The van der Waals surface area contributed by atoms with Gasteiger partial charge in [-0.1, -0.05) is 43.2 Å². The van der Waals surface area contributed by atoms with Gasteiger partial charge < -0.3 is 0 Å². The van der Waals surface area contributed by atoms with Crippen LogP contribution in [0.4, 0.5) is 0 Å². The van der Waals surface area contributed by atoms with E-state index in [1.165, 1.54) is 49.7 Å². The lowest BCUT2D eigenvalue weighted by Gasteiger charge is -2.11. The van der Waals surface area contributed by atoms with Crippen molar-refractivity contribution in [1.29, 1.82) is 0 Å². The maximum atomic E-state index is 10.6. The van der Waals surface area contributed by atoms with Crippen molar-refractivity contribution in [1.82, 2.24) is 0 Å². The van der Waals surface area contributed by atoms with Crippen molar-refractivity contribution in [3.05, 3.63) is 41.5 Å². The zero-order valence-corrected chi connectivity index (χ0v) is 9.61. The van der Waals surface area contributed by atoms with Crippen LogP contribution in [0.3, 0.4) is 0 Å². The highest BCUT2D eigenvalue weighted by molar-refractivity contribution is 5.76. The van der Waals surface area contributed by atoms with Crippen LogP contribution in [0, 0.1) is 0 Å². The molecule has 1 aromatic rings. The molecule has 1 heteroatoms. The Kier molecular flexibility index (Phi) is 3.92. The molecule has 0 radical (unpaired) electrons.